The van der Waals surface area contributed by atoms with E-state index in [1.807, 2.05) is 30.3 Å². The van der Waals surface area contributed by atoms with Gasteiger partial charge >= 0.3 is 0 Å². The Labute approximate surface area is 188 Å². The predicted molar refractivity (Wildman–Crippen MR) is 122 cm³/mol. The van der Waals surface area contributed by atoms with Crippen molar-refractivity contribution < 1.29 is 19.1 Å². The second-order valence-electron chi connectivity index (χ2n) is 7.16. The zero-order chi connectivity index (χ0) is 21.8. The van der Waals surface area contributed by atoms with Crippen LogP contribution in [-0.4, -0.2) is 43.0 Å². The van der Waals surface area contributed by atoms with E-state index < -0.39 is 0 Å². The Bertz CT molecular complexity index is 1120. The third-order valence-electron chi connectivity index (χ3n) is 4.92. The molecular formula is C24H21BrN2O4. The van der Waals surface area contributed by atoms with Crippen LogP contribution in [0.5, 0.6) is 11.5 Å². The van der Waals surface area contributed by atoms with Crippen LogP contribution >= 0.6 is 15.9 Å². The molecule has 0 saturated carbocycles. The van der Waals surface area contributed by atoms with Gasteiger partial charge in [-0.15, -0.1) is 0 Å². The number of nitrogens with zero attached hydrogens (tertiary/aromatic N) is 1. The first-order valence-electron chi connectivity index (χ1n) is 9.82. The van der Waals surface area contributed by atoms with Crippen LogP contribution in [0.15, 0.2) is 77.3 Å². The topological polar surface area (TPSA) is 67.9 Å². The predicted octanol–water partition coefficient (Wildman–Crippen LogP) is 4.61. The maximum Gasteiger partial charge on any atom is 0.256 e. The van der Waals surface area contributed by atoms with E-state index in [0.717, 1.165) is 0 Å². The van der Waals surface area contributed by atoms with E-state index in [1.54, 1.807) is 54.4 Å². The highest BCUT2D eigenvalue weighted by atomic mass is 79.9. The number of hydrogen-bond acceptors (Lipinski definition) is 4. The molecular weight excluding hydrogens is 460 g/mol. The van der Waals surface area contributed by atoms with Crippen LogP contribution in [0, 0.1) is 0 Å². The van der Waals surface area contributed by atoms with E-state index in [-0.39, 0.29) is 17.9 Å². The third kappa shape index (κ3) is 4.72. The summed E-state index contributed by atoms with van der Waals surface area (Å²) in [5, 5.41) is 2.85. The molecule has 0 saturated heterocycles. The Morgan fingerprint density at radius 2 is 1.61 bits per heavy atom. The lowest BCUT2D eigenvalue weighted by Crippen LogP contribution is -2.42. The minimum atomic E-state index is -0.295. The fraction of sp³-hybridized carbons (Fsp3) is 0.167. The van der Waals surface area contributed by atoms with Gasteiger partial charge in [-0.2, -0.15) is 0 Å². The molecule has 3 aromatic rings. The van der Waals surface area contributed by atoms with E-state index in [4.69, 9.17) is 9.47 Å². The molecule has 0 radical (unpaired) electrons. The number of halogens is 1. The van der Waals surface area contributed by atoms with E-state index in [9.17, 15) is 9.59 Å². The number of nitrogens with one attached hydrogen (secondary N) is 1. The summed E-state index contributed by atoms with van der Waals surface area (Å²) in [6.45, 7) is 0.703. The van der Waals surface area contributed by atoms with E-state index >= 15 is 0 Å². The van der Waals surface area contributed by atoms with Crippen molar-refractivity contribution in [1.29, 1.82) is 0 Å². The molecule has 0 bridgehead atoms. The molecule has 1 N–H and O–H groups in total. The lowest BCUT2D eigenvalue weighted by atomic mass is 10.1. The summed E-state index contributed by atoms with van der Waals surface area (Å²) in [6, 6.07) is 21.6. The van der Waals surface area contributed by atoms with Crippen LogP contribution in [0.25, 0.3) is 0 Å². The van der Waals surface area contributed by atoms with Gasteiger partial charge < -0.3 is 19.7 Å². The Balaban J connectivity index is 1.46. The molecule has 0 unspecified atom stereocenters. The molecule has 1 atom stereocenters. The summed E-state index contributed by atoms with van der Waals surface area (Å²) < 4.78 is 12.4. The number of carbonyl (C=O) groups excluding carboxylic acids is 2. The van der Waals surface area contributed by atoms with Crippen molar-refractivity contribution in [2.24, 2.45) is 0 Å². The van der Waals surface area contributed by atoms with Crippen LogP contribution in [0.1, 0.15) is 20.7 Å². The molecule has 158 valence electrons. The molecule has 3 aromatic carbocycles. The Morgan fingerprint density at radius 3 is 2.39 bits per heavy atom. The van der Waals surface area contributed by atoms with Gasteiger partial charge in [-0.25, -0.2) is 0 Å². The lowest BCUT2D eigenvalue weighted by Gasteiger charge is -2.30. The fourth-order valence-electron chi connectivity index (χ4n) is 3.36. The van der Waals surface area contributed by atoms with Gasteiger partial charge in [0.05, 0.1) is 23.4 Å². The highest BCUT2D eigenvalue weighted by Crippen LogP contribution is 2.31. The zero-order valence-electron chi connectivity index (χ0n) is 16.9. The molecule has 0 fully saturated rings. The first kappa shape index (κ1) is 20.9. The molecule has 2 amide bonds. The highest BCUT2D eigenvalue weighted by molar-refractivity contribution is 9.10. The van der Waals surface area contributed by atoms with Gasteiger partial charge in [0.2, 0.25) is 0 Å². The van der Waals surface area contributed by atoms with Crippen molar-refractivity contribution in [3.05, 3.63) is 88.4 Å². The van der Waals surface area contributed by atoms with Crippen LogP contribution in [0.3, 0.4) is 0 Å². The number of carbonyl (C=O) groups is 2. The summed E-state index contributed by atoms with van der Waals surface area (Å²) in [5.41, 5.74) is 1.35. The van der Waals surface area contributed by atoms with Gasteiger partial charge in [-0.05, 0) is 52.3 Å². The van der Waals surface area contributed by atoms with E-state index in [2.05, 4.69) is 21.2 Å². The van der Waals surface area contributed by atoms with Crippen molar-refractivity contribution in [2.45, 2.75) is 6.10 Å². The van der Waals surface area contributed by atoms with Gasteiger partial charge in [-0.3, -0.25) is 9.59 Å². The van der Waals surface area contributed by atoms with Crippen LogP contribution in [0.2, 0.25) is 0 Å². The standard InChI is InChI=1S/C24H21BrN2O4/c1-27(14-16-15-30-21-12-6-7-13-22(21)31-16)24(29)18-9-3-5-11-20(18)26-23(28)17-8-2-4-10-19(17)25/h2-13,16H,14-15H2,1H3,(H,26,28)/t16-/m1/s1. The van der Waals surface area contributed by atoms with Crippen molar-refractivity contribution in [1.82, 2.24) is 4.90 Å². The maximum absolute atomic E-state index is 13.1. The maximum atomic E-state index is 13.1. The summed E-state index contributed by atoms with van der Waals surface area (Å²) >= 11 is 3.39. The number of benzene rings is 3. The second-order valence-corrected chi connectivity index (χ2v) is 8.02. The van der Waals surface area contributed by atoms with Crippen molar-refractivity contribution >= 4 is 33.4 Å². The number of rotatable bonds is 5. The minimum absolute atomic E-state index is 0.217. The molecule has 1 heterocycles. The molecule has 0 aromatic heterocycles. The lowest BCUT2D eigenvalue weighted by molar-refractivity contribution is 0.0521. The largest absolute Gasteiger partial charge is 0.486 e. The fourth-order valence-corrected chi connectivity index (χ4v) is 3.83. The number of anilines is 1. The number of ether oxygens (including phenoxy) is 2. The van der Waals surface area contributed by atoms with E-state index in [1.165, 1.54) is 0 Å². The molecule has 1 aliphatic heterocycles. The summed E-state index contributed by atoms with van der Waals surface area (Å²) in [7, 11) is 1.71. The first-order valence-corrected chi connectivity index (χ1v) is 10.6. The number of amides is 2. The molecule has 31 heavy (non-hydrogen) atoms. The third-order valence-corrected chi connectivity index (χ3v) is 5.61. The molecule has 7 heteroatoms. The van der Waals surface area contributed by atoms with Gasteiger partial charge in [0.15, 0.2) is 17.6 Å². The summed E-state index contributed by atoms with van der Waals surface area (Å²) in [5.74, 6) is 0.857. The monoisotopic (exact) mass is 480 g/mol. The average molecular weight is 481 g/mol. The van der Waals surface area contributed by atoms with Crippen LogP contribution in [-0.2, 0) is 0 Å². The number of fused-ring (bicyclic) bond motifs is 1. The molecule has 1 aliphatic rings. The number of likely N-dealkylation sites (N-methyl/N-ethyl adjacent to an activating group) is 1. The highest BCUT2D eigenvalue weighted by Gasteiger charge is 2.25. The normalized spacial score (nSPS) is 14.6. The SMILES string of the molecule is CN(C[C@@H]1COc2ccccc2O1)C(=O)c1ccccc1NC(=O)c1ccccc1Br. The number of hydrogen-bond donors (Lipinski definition) is 1. The first-order chi connectivity index (χ1) is 15.0. The van der Waals surface area contributed by atoms with Gasteiger partial charge in [0.1, 0.15) is 6.61 Å². The summed E-state index contributed by atoms with van der Waals surface area (Å²) in [6.07, 6.45) is -0.286. The van der Waals surface area contributed by atoms with Gasteiger partial charge in [0, 0.05) is 11.5 Å². The van der Waals surface area contributed by atoms with Crippen molar-refractivity contribution in [2.75, 3.05) is 25.5 Å². The summed E-state index contributed by atoms with van der Waals surface area (Å²) in [4.78, 5) is 27.4. The average Bonchev–Trinajstić information content (AvgIpc) is 2.79. The molecule has 0 aliphatic carbocycles. The Morgan fingerprint density at radius 1 is 0.968 bits per heavy atom. The van der Waals surface area contributed by atoms with Gasteiger partial charge in [0.25, 0.3) is 11.8 Å². The smallest absolute Gasteiger partial charge is 0.256 e. The minimum Gasteiger partial charge on any atom is -0.486 e. The van der Waals surface area contributed by atoms with Crippen LogP contribution in [0.4, 0.5) is 5.69 Å². The van der Waals surface area contributed by atoms with E-state index in [0.29, 0.717) is 45.9 Å². The molecule has 4 rings (SSSR count). The van der Waals surface area contributed by atoms with Crippen molar-refractivity contribution in [3.8, 4) is 11.5 Å². The zero-order valence-corrected chi connectivity index (χ0v) is 18.5. The van der Waals surface area contributed by atoms with Crippen molar-refractivity contribution in [3.63, 3.8) is 0 Å². The quantitative estimate of drug-likeness (QED) is 0.578. The number of para-hydroxylation sites is 3. The van der Waals surface area contributed by atoms with Gasteiger partial charge in [-0.1, -0.05) is 36.4 Å². The Hall–Kier alpha value is -3.32. The van der Waals surface area contributed by atoms with Crippen LogP contribution < -0.4 is 14.8 Å². The Kier molecular flexibility index (Phi) is 6.23. The molecule has 0 spiro atoms. The second kappa shape index (κ2) is 9.22. The molecule has 6 nitrogen and oxygen atoms in total.